The van der Waals surface area contributed by atoms with Crippen LogP contribution in [0.2, 0.25) is 0 Å². The van der Waals surface area contributed by atoms with E-state index in [9.17, 15) is 14.0 Å². The first-order valence-electron chi connectivity index (χ1n) is 4.21. The van der Waals surface area contributed by atoms with Crippen LogP contribution in [-0.2, 0) is 4.79 Å². The molecule has 6 heteroatoms. The largest absolute Gasteiger partial charge is 0.480 e. The highest BCUT2D eigenvalue weighted by Crippen LogP contribution is 2.28. The molecule has 0 saturated heterocycles. The van der Waals surface area contributed by atoms with Crippen LogP contribution in [0.5, 0.6) is 0 Å². The van der Waals surface area contributed by atoms with Gasteiger partial charge in [-0.1, -0.05) is 12.1 Å². The van der Waals surface area contributed by atoms with Gasteiger partial charge in [0.2, 0.25) is 5.97 Å². The van der Waals surface area contributed by atoms with E-state index in [1.807, 2.05) is 0 Å². The minimum absolute atomic E-state index is 0. The Bertz CT molecular complexity index is 487. The van der Waals surface area contributed by atoms with E-state index in [0.717, 1.165) is 0 Å². The van der Waals surface area contributed by atoms with Gasteiger partial charge < -0.3 is 5.11 Å². The molecule has 0 aromatic heterocycles. The fourth-order valence-electron chi connectivity index (χ4n) is 1.44. The SMILES string of the molecule is Cl.O=C(O)C1C(=O)c2ccccc2N=C1F. The lowest BCUT2D eigenvalue weighted by Gasteiger charge is -2.15. The second-order valence-electron chi connectivity index (χ2n) is 3.09. The van der Waals surface area contributed by atoms with Gasteiger partial charge in [0, 0.05) is 5.56 Å². The Morgan fingerprint density at radius 2 is 2.00 bits per heavy atom. The molecule has 0 aliphatic carbocycles. The van der Waals surface area contributed by atoms with Crippen LogP contribution in [0, 0.1) is 5.92 Å². The van der Waals surface area contributed by atoms with Crippen molar-refractivity contribution < 1.29 is 19.1 Å². The number of nitrogens with zero attached hydrogens (tertiary/aromatic N) is 1. The maximum absolute atomic E-state index is 13.2. The van der Waals surface area contributed by atoms with Crippen LogP contribution in [0.4, 0.5) is 10.1 Å². The summed E-state index contributed by atoms with van der Waals surface area (Å²) in [4.78, 5) is 25.7. The van der Waals surface area contributed by atoms with E-state index in [2.05, 4.69) is 4.99 Å². The van der Waals surface area contributed by atoms with Crippen LogP contribution < -0.4 is 0 Å². The normalized spacial score (nSPS) is 18.2. The summed E-state index contributed by atoms with van der Waals surface area (Å²) in [7, 11) is 0. The molecule has 1 heterocycles. The lowest BCUT2D eigenvalue weighted by atomic mass is 9.94. The molecule has 0 amide bonds. The minimum Gasteiger partial charge on any atom is -0.480 e. The Labute approximate surface area is 96.2 Å². The maximum atomic E-state index is 13.2. The quantitative estimate of drug-likeness (QED) is 0.767. The number of hydrogen-bond donors (Lipinski definition) is 1. The third-order valence-corrected chi connectivity index (χ3v) is 2.14. The van der Waals surface area contributed by atoms with Crippen molar-refractivity contribution in [1.82, 2.24) is 0 Å². The number of hydrogen-bond acceptors (Lipinski definition) is 3. The molecule has 0 spiro atoms. The number of aliphatic carboxylic acids is 1. The summed E-state index contributed by atoms with van der Waals surface area (Å²) in [6.07, 6.45) is 0. The van der Waals surface area contributed by atoms with Gasteiger partial charge in [-0.15, -0.1) is 12.4 Å². The zero-order chi connectivity index (χ0) is 11.0. The molecular weight excluding hydrogens is 237 g/mol. The highest BCUT2D eigenvalue weighted by atomic mass is 35.5. The number of Topliss-reactive ketones (excluding diaryl/α,β-unsaturated/α-hetero) is 1. The third-order valence-electron chi connectivity index (χ3n) is 2.14. The smallest absolute Gasteiger partial charge is 0.323 e. The van der Waals surface area contributed by atoms with Crippen molar-refractivity contribution in [2.24, 2.45) is 10.9 Å². The highest BCUT2D eigenvalue weighted by Gasteiger charge is 2.37. The van der Waals surface area contributed by atoms with Crippen LogP contribution in [0.1, 0.15) is 10.4 Å². The lowest BCUT2D eigenvalue weighted by Crippen LogP contribution is -2.31. The first kappa shape index (κ1) is 12.3. The Kier molecular flexibility index (Phi) is 3.39. The summed E-state index contributed by atoms with van der Waals surface area (Å²) in [6, 6.07) is 6.08. The second kappa shape index (κ2) is 4.40. The molecule has 1 atom stereocenters. The molecule has 2 rings (SSSR count). The maximum Gasteiger partial charge on any atom is 0.323 e. The zero-order valence-corrected chi connectivity index (χ0v) is 8.70. The van der Waals surface area contributed by atoms with E-state index in [-0.39, 0.29) is 23.7 Å². The fourth-order valence-corrected chi connectivity index (χ4v) is 1.44. The van der Waals surface area contributed by atoms with Crippen LogP contribution in [-0.4, -0.2) is 22.8 Å². The molecule has 1 unspecified atom stereocenters. The van der Waals surface area contributed by atoms with E-state index in [1.165, 1.54) is 12.1 Å². The number of fused-ring (bicyclic) bond motifs is 1. The van der Waals surface area contributed by atoms with Crippen LogP contribution in [0.3, 0.4) is 0 Å². The molecule has 16 heavy (non-hydrogen) atoms. The predicted molar refractivity (Wildman–Crippen MR) is 57.3 cm³/mol. The Morgan fingerprint density at radius 3 is 2.62 bits per heavy atom. The summed E-state index contributed by atoms with van der Waals surface area (Å²) in [6.45, 7) is 0. The second-order valence-corrected chi connectivity index (χ2v) is 3.09. The number of halogens is 2. The van der Waals surface area contributed by atoms with Crippen molar-refractivity contribution in [3.8, 4) is 0 Å². The van der Waals surface area contributed by atoms with Gasteiger partial charge in [0.05, 0.1) is 5.69 Å². The zero-order valence-electron chi connectivity index (χ0n) is 7.88. The summed E-state index contributed by atoms with van der Waals surface area (Å²) in [5.74, 6) is -5.23. The minimum atomic E-state index is -1.79. The molecule has 1 N–H and O–H groups in total. The van der Waals surface area contributed by atoms with E-state index in [0.29, 0.717) is 0 Å². The average Bonchev–Trinajstić information content (AvgIpc) is 2.17. The molecule has 1 aliphatic heterocycles. The van der Waals surface area contributed by atoms with Crippen LogP contribution >= 0.6 is 12.4 Å². The molecule has 0 radical (unpaired) electrons. The Morgan fingerprint density at radius 1 is 1.38 bits per heavy atom. The van der Waals surface area contributed by atoms with Gasteiger partial charge in [-0.25, -0.2) is 4.99 Å². The van der Waals surface area contributed by atoms with Gasteiger partial charge in [0.15, 0.2) is 11.7 Å². The Balaban J connectivity index is 0.00000128. The number of carbonyl (C=O) groups is 2. The molecule has 1 aromatic rings. The fraction of sp³-hybridized carbons (Fsp3) is 0.100. The summed E-state index contributed by atoms with van der Waals surface area (Å²) >= 11 is 0. The van der Waals surface area contributed by atoms with Crippen molar-refractivity contribution in [3.05, 3.63) is 29.8 Å². The number of carboxylic acid groups (broad SMARTS) is 1. The van der Waals surface area contributed by atoms with E-state index >= 15 is 0 Å². The number of carboxylic acids is 1. The van der Waals surface area contributed by atoms with E-state index in [1.54, 1.807) is 12.1 Å². The number of benzene rings is 1. The number of rotatable bonds is 1. The molecule has 84 valence electrons. The van der Waals surface area contributed by atoms with Crippen molar-refractivity contribution in [1.29, 1.82) is 0 Å². The molecular formula is C10H7ClFNO3. The van der Waals surface area contributed by atoms with E-state index < -0.39 is 23.6 Å². The van der Waals surface area contributed by atoms with E-state index in [4.69, 9.17) is 5.11 Å². The first-order chi connectivity index (χ1) is 7.11. The molecule has 4 nitrogen and oxygen atoms in total. The Hall–Kier alpha value is -1.75. The summed E-state index contributed by atoms with van der Waals surface area (Å²) in [5, 5.41) is 8.66. The summed E-state index contributed by atoms with van der Waals surface area (Å²) < 4.78 is 13.2. The topological polar surface area (TPSA) is 66.7 Å². The molecule has 0 saturated carbocycles. The van der Waals surface area contributed by atoms with Gasteiger partial charge >= 0.3 is 5.97 Å². The van der Waals surface area contributed by atoms with Gasteiger partial charge in [-0.2, -0.15) is 4.39 Å². The monoisotopic (exact) mass is 243 g/mol. The van der Waals surface area contributed by atoms with Crippen LogP contribution in [0.15, 0.2) is 29.3 Å². The molecule has 0 fully saturated rings. The van der Waals surface area contributed by atoms with Crippen molar-refractivity contribution in [2.45, 2.75) is 0 Å². The number of aliphatic imine (C=N–C) groups is 1. The highest BCUT2D eigenvalue weighted by molar-refractivity contribution is 6.25. The molecule has 1 aromatic carbocycles. The van der Waals surface area contributed by atoms with Crippen molar-refractivity contribution >= 4 is 35.8 Å². The van der Waals surface area contributed by atoms with Crippen LogP contribution in [0.25, 0.3) is 0 Å². The molecule has 1 aliphatic rings. The number of ketones is 1. The van der Waals surface area contributed by atoms with Crippen molar-refractivity contribution in [2.75, 3.05) is 0 Å². The average molecular weight is 244 g/mol. The number of carbonyl (C=O) groups excluding carboxylic acids is 1. The summed E-state index contributed by atoms with van der Waals surface area (Å²) in [5.41, 5.74) is 0.323. The predicted octanol–water partition coefficient (Wildman–Crippen LogP) is 2.00. The lowest BCUT2D eigenvalue weighted by molar-refractivity contribution is -0.138. The van der Waals surface area contributed by atoms with Gasteiger partial charge in [0.1, 0.15) is 0 Å². The number of para-hydroxylation sites is 1. The third kappa shape index (κ3) is 1.81. The first-order valence-corrected chi connectivity index (χ1v) is 4.21. The standard InChI is InChI=1S/C10H6FNO3.ClH/c11-9-7(10(14)15)8(13)5-3-1-2-4-6(5)12-9;/h1-4,7H,(H,14,15);1H. The molecule has 0 bridgehead atoms. The van der Waals surface area contributed by atoms with Gasteiger partial charge in [-0.3, -0.25) is 9.59 Å². The van der Waals surface area contributed by atoms with Gasteiger partial charge in [0.25, 0.3) is 0 Å². The van der Waals surface area contributed by atoms with Gasteiger partial charge in [-0.05, 0) is 12.1 Å². The van der Waals surface area contributed by atoms with Crippen molar-refractivity contribution in [3.63, 3.8) is 0 Å².